The van der Waals surface area contributed by atoms with Gasteiger partial charge in [0.15, 0.2) is 0 Å². The molecule has 0 saturated heterocycles. The third kappa shape index (κ3) is 4.37. The maximum Gasteiger partial charge on any atom is 0.127 e. The number of aliphatic hydroxyl groups excluding tert-OH is 1. The number of rotatable bonds is 6. The predicted octanol–water partition coefficient (Wildman–Crippen LogP) is 3.09. The number of hydrogen-bond donors (Lipinski definition) is 2. The van der Waals surface area contributed by atoms with Gasteiger partial charge in [-0.1, -0.05) is 29.8 Å². The average molecular weight is 304 g/mol. The zero-order valence-electron chi connectivity index (χ0n) is 10.3. The quantitative estimate of drug-likeness (QED) is 0.846. The third-order valence-corrected chi connectivity index (χ3v) is 3.60. The van der Waals surface area contributed by atoms with Gasteiger partial charge in [0, 0.05) is 35.1 Å². The highest BCUT2D eigenvalue weighted by Gasteiger charge is 2.20. The Morgan fingerprint density at radius 2 is 2.18 bits per heavy atom. The first-order valence-electron chi connectivity index (χ1n) is 5.76. The smallest absolute Gasteiger partial charge is 0.127 e. The normalized spacial score (nSPS) is 14.6. The summed E-state index contributed by atoms with van der Waals surface area (Å²) < 4.78 is 14.3. The highest BCUT2D eigenvalue weighted by atomic mass is 79.9. The second-order valence-electron chi connectivity index (χ2n) is 4.66. The number of nitrogens with one attached hydrogen (secondary N) is 1. The van der Waals surface area contributed by atoms with Crippen LogP contribution in [0.15, 0.2) is 22.7 Å². The van der Waals surface area contributed by atoms with E-state index in [0.29, 0.717) is 18.7 Å². The van der Waals surface area contributed by atoms with Crippen LogP contribution in [0.3, 0.4) is 0 Å². The molecule has 1 aromatic carbocycles. The Balaban J connectivity index is 2.53. The zero-order valence-corrected chi connectivity index (χ0v) is 11.8. The first-order chi connectivity index (χ1) is 8.00. The van der Waals surface area contributed by atoms with E-state index in [1.165, 1.54) is 6.07 Å². The van der Waals surface area contributed by atoms with Crippen LogP contribution < -0.4 is 5.32 Å². The van der Waals surface area contributed by atoms with Crippen LogP contribution in [0.5, 0.6) is 0 Å². The van der Waals surface area contributed by atoms with Crippen molar-refractivity contribution in [2.45, 2.75) is 26.8 Å². The van der Waals surface area contributed by atoms with Crippen LogP contribution >= 0.6 is 15.9 Å². The van der Waals surface area contributed by atoms with Gasteiger partial charge in [0.2, 0.25) is 0 Å². The van der Waals surface area contributed by atoms with Crippen molar-refractivity contribution in [1.29, 1.82) is 0 Å². The first kappa shape index (κ1) is 14.6. The molecule has 0 radical (unpaired) electrons. The molecule has 0 amide bonds. The van der Waals surface area contributed by atoms with Crippen molar-refractivity contribution in [3.63, 3.8) is 0 Å². The van der Waals surface area contributed by atoms with E-state index < -0.39 is 0 Å². The molecule has 0 fully saturated rings. The second kappa shape index (κ2) is 6.47. The number of aliphatic hydroxyl groups is 1. The van der Waals surface area contributed by atoms with Gasteiger partial charge in [0.05, 0.1) is 0 Å². The lowest BCUT2D eigenvalue weighted by Crippen LogP contribution is -2.34. The second-order valence-corrected chi connectivity index (χ2v) is 5.58. The van der Waals surface area contributed by atoms with E-state index in [1.54, 1.807) is 12.1 Å². The Morgan fingerprint density at radius 1 is 1.47 bits per heavy atom. The minimum Gasteiger partial charge on any atom is -0.396 e. The summed E-state index contributed by atoms with van der Waals surface area (Å²) >= 11 is 3.32. The van der Waals surface area contributed by atoms with Gasteiger partial charge in [0.1, 0.15) is 5.82 Å². The number of halogens is 2. The fraction of sp³-hybridized carbons (Fsp3) is 0.538. The molecule has 0 heterocycles. The molecule has 4 heteroatoms. The van der Waals surface area contributed by atoms with Crippen LogP contribution in [0, 0.1) is 11.2 Å². The number of benzene rings is 1. The molecule has 1 atom stereocenters. The Bertz CT molecular complexity index is 366. The monoisotopic (exact) mass is 303 g/mol. The molecule has 0 aliphatic carbocycles. The molecular weight excluding hydrogens is 285 g/mol. The fourth-order valence-electron chi connectivity index (χ4n) is 1.47. The third-order valence-electron chi connectivity index (χ3n) is 3.11. The van der Waals surface area contributed by atoms with Gasteiger partial charge in [-0.2, -0.15) is 0 Å². The molecule has 0 aromatic heterocycles. The van der Waals surface area contributed by atoms with Gasteiger partial charge in [-0.05, 0) is 24.6 Å². The van der Waals surface area contributed by atoms with E-state index in [9.17, 15) is 9.50 Å². The van der Waals surface area contributed by atoms with E-state index in [4.69, 9.17) is 0 Å². The van der Waals surface area contributed by atoms with Gasteiger partial charge in [-0.3, -0.25) is 0 Å². The van der Waals surface area contributed by atoms with Crippen LogP contribution in [-0.2, 0) is 6.54 Å². The molecule has 2 N–H and O–H groups in total. The molecule has 0 bridgehead atoms. The molecule has 17 heavy (non-hydrogen) atoms. The topological polar surface area (TPSA) is 32.3 Å². The lowest BCUT2D eigenvalue weighted by atomic mass is 9.88. The summed E-state index contributed by atoms with van der Waals surface area (Å²) in [6, 6.07) is 4.90. The van der Waals surface area contributed by atoms with Crippen molar-refractivity contribution in [1.82, 2.24) is 5.32 Å². The minimum atomic E-state index is -0.206. The largest absolute Gasteiger partial charge is 0.396 e. The van der Waals surface area contributed by atoms with Gasteiger partial charge >= 0.3 is 0 Å². The molecular formula is C13H19BrFNO. The van der Waals surface area contributed by atoms with Crippen molar-refractivity contribution in [2.75, 3.05) is 13.2 Å². The van der Waals surface area contributed by atoms with Gasteiger partial charge in [-0.25, -0.2) is 4.39 Å². The van der Waals surface area contributed by atoms with Gasteiger partial charge in [-0.15, -0.1) is 0 Å². The molecule has 1 aromatic rings. The molecule has 1 unspecified atom stereocenters. The van der Waals surface area contributed by atoms with E-state index in [-0.39, 0.29) is 17.8 Å². The lowest BCUT2D eigenvalue weighted by molar-refractivity contribution is 0.135. The van der Waals surface area contributed by atoms with E-state index in [2.05, 4.69) is 21.2 Å². The highest BCUT2D eigenvalue weighted by molar-refractivity contribution is 9.10. The summed E-state index contributed by atoms with van der Waals surface area (Å²) in [6.45, 7) is 5.33. The maximum absolute atomic E-state index is 13.4. The SMILES string of the molecule is CCC(C)(CO)CNCc1cc(Br)ccc1F. The molecule has 0 saturated carbocycles. The van der Waals surface area contributed by atoms with Gasteiger partial charge < -0.3 is 10.4 Å². The van der Waals surface area contributed by atoms with Gasteiger partial charge in [0.25, 0.3) is 0 Å². The number of hydrogen-bond acceptors (Lipinski definition) is 2. The molecule has 0 aliphatic heterocycles. The average Bonchev–Trinajstić information content (AvgIpc) is 2.33. The summed E-state index contributed by atoms with van der Waals surface area (Å²) in [4.78, 5) is 0. The summed E-state index contributed by atoms with van der Waals surface area (Å²) in [5.41, 5.74) is 0.499. The van der Waals surface area contributed by atoms with Crippen molar-refractivity contribution in [3.8, 4) is 0 Å². The Hall–Kier alpha value is -0.450. The maximum atomic E-state index is 13.4. The summed E-state index contributed by atoms with van der Waals surface area (Å²) in [6.07, 6.45) is 0.886. The standard InChI is InChI=1S/C13H19BrFNO/c1-3-13(2,9-17)8-16-7-10-6-11(14)4-5-12(10)15/h4-6,16-17H,3,7-9H2,1-2H3. The minimum absolute atomic E-state index is 0.136. The fourth-order valence-corrected chi connectivity index (χ4v) is 1.88. The molecule has 1 rings (SSSR count). The highest BCUT2D eigenvalue weighted by Crippen LogP contribution is 2.19. The van der Waals surface area contributed by atoms with Crippen molar-refractivity contribution in [3.05, 3.63) is 34.1 Å². The van der Waals surface area contributed by atoms with Crippen LogP contribution in [0.25, 0.3) is 0 Å². The zero-order chi connectivity index (χ0) is 12.9. The van der Waals surface area contributed by atoms with Crippen LogP contribution in [-0.4, -0.2) is 18.3 Å². The van der Waals surface area contributed by atoms with Crippen molar-refractivity contribution >= 4 is 15.9 Å². The summed E-state index contributed by atoms with van der Waals surface area (Å²) in [7, 11) is 0. The summed E-state index contributed by atoms with van der Waals surface area (Å²) in [5.74, 6) is -0.206. The van der Waals surface area contributed by atoms with Crippen molar-refractivity contribution in [2.24, 2.45) is 5.41 Å². The molecule has 0 spiro atoms. The summed E-state index contributed by atoms with van der Waals surface area (Å²) in [5, 5.41) is 12.5. The van der Waals surface area contributed by atoms with Crippen LogP contribution in [0.2, 0.25) is 0 Å². The Labute approximate surface area is 110 Å². The van der Waals surface area contributed by atoms with Crippen LogP contribution in [0.1, 0.15) is 25.8 Å². The Morgan fingerprint density at radius 3 is 2.76 bits per heavy atom. The molecule has 96 valence electrons. The Kier molecular flexibility index (Phi) is 5.56. The lowest BCUT2D eigenvalue weighted by Gasteiger charge is -2.26. The first-order valence-corrected chi connectivity index (χ1v) is 6.55. The van der Waals surface area contributed by atoms with E-state index in [1.807, 2.05) is 13.8 Å². The van der Waals surface area contributed by atoms with E-state index >= 15 is 0 Å². The van der Waals surface area contributed by atoms with E-state index in [0.717, 1.165) is 10.9 Å². The molecule has 0 aliphatic rings. The van der Waals surface area contributed by atoms with Crippen LogP contribution in [0.4, 0.5) is 4.39 Å². The van der Waals surface area contributed by atoms with Crippen molar-refractivity contribution < 1.29 is 9.50 Å². The molecule has 2 nitrogen and oxygen atoms in total. The predicted molar refractivity (Wildman–Crippen MR) is 71.3 cm³/mol.